The van der Waals surface area contributed by atoms with Gasteiger partial charge in [-0.05, 0) is 70.8 Å². The molecule has 0 unspecified atom stereocenters. The standard InChI is InChI=1S/C30H18N4O2/c35-28-14-13-25(19-3-1-17(2-4-19)23-11-9-21-15-26(23)33-31-21)30(36)29(28)20-7-5-18(6-8-20)24-12-10-22-16-27(24)34-32-22/h1-16,35-36H. The van der Waals surface area contributed by atoms with Crippen molar-refractivity contribution in [1.82, 2.24) is 0 Å². The number of fused-ring (bicyclic) bond motifs is 4. The molecule has 0 aromatic heterocycles. The zero-order valence-electron chi connectivity index (χ0n) is 18.9. The van der Waals surface area contributed by atoms with Gasteiger partial charge in [0.1, 0.15) is 11.5 Å². The quantitative estimate of drug-likeness (QED) is 0.271. The highest BCUT2D eigenvalue weighted by Gasteiger charge is 2.17. The van der Waals surface area contributed by atoms with E-state index in [-0.39, 0.29) is 11.5 Å². The molecule has 2 aliphatic heterocycles. The van der Waals surface area contributed by atoms with Gasteiger partial charge in [0.05, 0.1) is 28.3 Å². The van der Waals surface area contributed by atoms with Crippen LogP contribution in [-0.2, 0) is 0 Å². The molecule has 0 fully saturated rings. The van der Waals surface area contributed by atoms with Gasteiger partial charge >= 0.3 is 0 Å². The third kappa shape index (κ3) is 3.20. The summed E-state index contributed by atoms with van der Waals surface area (Å²) in [4.78, 5) is 0. The van der Waals surface area contributed by atoms with Crippen molar-refractivity contribution >= 4 is 22.7 Å². The number of phenols is 2. The second kappa shape index (κ2) is 7.71. The average molecular weight is 467 g/mol. The molecule has 0 radical (unpaired) electrons. The van der Waals surface area contributed by atoms with Crippen molar-refractivity contribution in [3.63, 3.8) is 0 Å². The predicted molar refractivity (Wildman–Crippen MR) is 140 cm³/mol. The van der Waals surface area contributed by atoms with Gasteiger partial charge in [-0.15, -0.1) is 10.2 Å². The highest BCUT2D eigenvalue weighted by atomic mass is 16.3. The number of aromatic hydroxyl groups is 2. The van der Waals surface area contributed by atoms with E-state index >= 15 is 0 Å². The first kappa shape index (κ1) is 20.3. The zero-order chi connectivity index (χ0) is 24.2. The monoisotopic (exact) mass is 466 g/mol. The van der Waals surface area contributed by atoms with Crippen LogP contribution < -0.4 is 0 Å². The van der Waals surface area contributed by atoms with Crippen molar-refractivity contribution in [3.05, 3.63) is 97.1 Å². The van der Waals surface area contributed by atoms with E-state index in [1.165, 1.54) is 0 Å². The van der Waals surface area contributed by atoms with Crippen LogP contribution >= 0.6 is 0 Å². The molecule has 0 saturated heterocycles. The molecule has 0 aliphatic carbocycles. The minimum Gasteiger partial charge on any atom is -0.507 e. The van der Waals surface area contributed by atoms with Crippen LogP contribution in [0.5, 0.6) is 11.5 Å². The van der Waals surface area contributed by atoms with E-state index in [0.717, 1.165) is 56.1 Å². The van der Waals surface area contributed by atoms with E-state index in [9.17, 15) is 10.2 Å². The van der Waals surface area contributed by atoms with Gasteiger partial charge in [-0.3, -0.25) is 0 Å². The molecule has 2 N–H and O–H groups in total. The normalized spacial score (nSPS) is 12.4. The number of benzene rings is 5. The first-order chi connectivity index (χ1) is 17.6. The minimum atomic E-state index is 0.0193. The molecular formula is C30H18N4O2. The summed E-state index contributed by atoms with van der Waals surface area (Å²) in [7, 11) is 0. The van der Waals surface area contributed by atoms with E-state index in [1.54, 1.807) is 12.1 Å². The van der Waals surface area contributed by atoms with Crippen molar-refractivity contribution in [1.29, 1.82) is 0 Å². The Balaban J connectivity index is 1.23. The molecule has 0 spiro atoms. The maximum Gasteiger partial charge on any atom is 0.134 e. The number of phenolic OH excluding ortho intramolecular Hbond substituents is 2. The Morgan fingerprint density at radius 1 is 0.417 bits per heavy atom. The van der Waals surface area contributed by atoms with Crippen LogP contribution in [0.2, 0.25) is 0 Å². The Hall–Kier alpha value is -5.10. The van der Waals surface area contributed by atoms with E-state index in [2.05, 4.69) is 20.5 Å². The van der Waals surface area contributed by atoms with Crippen LogP contribution in [0.1, 0.15) is 0 Å². The number of azo groups is 2. The van der Waals surface area contributed by atoms with E-state index < -0.39 is 0 Å². The second-order valence-electron chi connectivity index (χ2n) is 8.81. The minimum absolute atomic E-state index is 0.0193. The molecular weight excluding hydrogens is 448 g/mol. The Labute approximate surface area is 206 Å². The van der Waals surface area contributed by atoms with Crippen LogP contribution in [0.4, 0.5) is 22.7 Å². The van der Waals surface area contributed by atoms with Crippen molar-refractivity contribution < 1.29 is 10.2 Å². The van der Waals surface area contributed by atoms with E-state index in [4.69, 9.17) is 0 Å². The SMILES string of the molecule is Oc1ccc(-c2ccc(-c3ccc4cc3N=N4)cc2)c(O)c1-c1ccc(-c2ccc3cc2N=N3)cc1. The van der Waals surface area contributed by atoms with E-state index in [1.807, 2.05) is 84.9 Å². The molecule has 5 aromatic rings. The lowest BCUT2D eigenvalue weighted by atomic mass is 9.93. The fourth-order valence-corrected chi connectivity index (χ4v) is 4.79. The fraction of sp³-hybridized carbons (Fsp3) is 0. The van der Waals surface area contributed by atoms with Gasteiger partial charge in [0.25, 0.3) is 0 Å². The molecule has 4 bridgehead atoms. The number of nitrogens with zero attached hydrogens (tertiary/aromatic N) is 4. The molecule has 7 rings (SSSR count). The van der Waals surface area contributed by atoms with Gasteiger partial charge in [-0.25, -0.2) is 0 Å². The zero-order valence-corrected chi connectivity index (χ0v) is 18.9. The lowest BCUT2D eigenvalue weighted by Crippen LogP contribution is -1.87. The summed E-state index contributed by atoms with van der Waals surface area (Å²) in [6, 6.07) is 30.8. The number of hydrogen-bond acceptors (Lipinski definition) is 6. The van der Waals surface area contributed by atoms with Gasteiger partial charge in [-0.2, -0.15) is 10.2 Å². The smallest absolute Gasteiger partial charge is 0.134 e. The second-order valence-corrected chi connectivity index (χ2v) is 8.81. The summed E-state index contributed by atoms with van der Waals surface area (Å²) >= 11 is 0. The van der Waals surface area contributed by atoms with E-state index in [0.29, 0.717) is 11.1 Å². The van der Waals surface area contributed by atoms with Crippen LogP contribution in [0.15, 0.2) is 118 Å². The van der Waals surface area contributed by atoms with Crippen LogP contribution in [0.3, 0.4) is 0 Å². The summed E-state index contributed by atoms with van der Waals surface area (Å²) in [5.41, 5.74) is 10.0. The van der Waals surface area contributed by atoms with Gasteiger partial charge in [0, 0.05) is 16.7 Å². The fourth-order valence-electron chi connectivity index (χ4n) is 4.79. The van der Waals surface area contributed by atoms with Gasteiger partial charge in [0.2, 0.25) is 0 Å². The molecule has 2 heterocycles. The molecule has 0 saturated carbocycles. The molecule has 0 atom stereocenters. The lowest BCUT2D eigenvalue weighted by molar-refractivity contribution is 0.455. The van der Waals surface area contributed by atoms with Gasteiger partial charge in [-0.1, -0.05) is 48.5 Å². The Morgan fingerprint density at radius 3 is 1.39 bits per heavy atom. The summed E-state index contributed by atoms with van der Waals surface area (Å²) in [5.74, 6) is 0.0508. The highest BCUT2D eigenvalue weighted by molar-refractivity contribution is 5.88. The van der Waals surface area contributed by atoms with Gasteiger partial charge < -0.3 is 10.2 Å². The maximum absolute atomic E-state index is 11.2. The number of rotatable bonds is 4. The Kier molecular flexibility index (Phi) is 4.35. The summed E-state index contributed by atoms with van der Waals surface area (Å²) in [6.45, 7) is 0. The van der Waals surface area contributed by atoms with Crippen molar-refractivity contribution in [2.24, 2.45) is 20.5 Å². The first-order valence-electron chi connectivity index (χ1n) is 11.5. The molecule has 6 heteroatoms. The topological polar surface area (TPSA) is 89.9 Å². The Bertz CT molecular complexity index is 1740. The maximum atomic E-state index is 11.2. The summed E-state index contributed by atoms with van der Waals surface area (Å²) < 4.78 is 0. The molecule has 170 valence electrons. The molecule has 0 amide bonds. The molecule has 6 nitrogen and oxygen atoms in total. The lowest BCUT2D eigenvalue weighted by Gasteiger charge is -2.14. The van der Waals surface area contributed by atoms with Crippen molar-refractivity contribution in [2.45, 2.75) is 0 Å². The predicted octanol–water partition coefficient (Wildman–Crippen LogP) is 9.22. The Morgan fingerprint density at radius 2 is 0.861 bits per heavy atom. The third-order valence-electron chi connectivity index (χ3n) is 6.66. The van der Waals surface area contributed by atoms with Crippen molar-refractivity contribution in [3.8, 4) is 56.0 Å². The largest absolute Gasteiger partial charge is 0.507 e. The van der Waals surface area contributed by atoms with Gasteiger partial charge in [0.15, 0.2) is 0 Å². The molecule has 36 heavy (non-hydrogen) atoms. The summed E-state index contributed by atoms with van der Waals surface area (Å²) in [6.07, 6.45) is 0. The average Bonchev–Trinajstić information content (AvgIpc) is 3.47. The third-order valence-corrected chi connectivity index (χ3v) is 6.66. The van der Waals surface area contributed by atoms with Crippen LogP contribution in [0.25, 0.3) is 44.5 Å². The first-order valence-corrected chi connectivity index (χ1v) is 11.5. The number of hydrogen-bond donors (Lipinski definition) is 2. The van der Waals surface area contributed by atoms with Crippen molar-refractivity contribution in [2.75, 3.05) is 0 Å². The summed E-state index contributed by atoms with van der Waals surface area (Å²) in [5, 5.41) is 38.5. The molecule has 5 aromatic carbocycles. The highest BCUT2D eigenvalue weighted by Crippen LogP contribution is 2.46. The van der Waals surface area contributed by atoms with Crippen LogP contribution in [-0.4, -0.2) is 10.2 Å². The van der Waals surface area contributed by atoms with Crippen LogP contribution in [0, 0.1) is 0 Å². The molecule has 2 aliphatic rings.